The Balaban J connectivity index is 2.45. The van der Waals surface area contributed by atoms with Gasteiger partial charge in [0, 0.05) is 25.7 Å². The molecule has 0 aromatic carbocycles. The highest BCUT2D eigenvalue weighted by Crippen LogP contribution is 2.16. The van der Waals surface area contributed by atoms with E-state index in [1.165, 1.54) is 0 Å². The van der Waals surface area contributed by atoms with E-state index in [0.29, 0.717) is 19.5 Å². The normalized spacial score (nSPS) is 30.6. The first-order valence-electron chi connectivity index (χ1n) is 5.17. The van der Waals surface area contributed by atoms with Crippen molar-refractivity contribution in [2.75, 3.05) is 26.7 Å². The summed E-state index contributed by atoms with van der Waals surface area (Å²) in [6.45, 7) is 5.31. The molecule has 1 rings (SSSR count). The molecule has 14 heavy (non-hydrogen) atoms. The van der Waals surface area contributed by atoms with Crippen LogP contribution in [0, 0.1) is 0 Å². The number of nitrogens with one attached hydrogen (secondary N) is 1. The lowest BCUT2D eigenvalue weighted by Crippen LogP contribution is -2.52. The average molecular weight is 204 g/mol. The maximum Gasteiger partial charge on any atom is 0.114 e. The molecule has 0 aliphatic carbocycles. The lowest BCUT2D eigenvalue weighted by molar-refractivity contribution is 0.0109. The van der Waals surface area contributed by atoms with Gasteiger partial charge in [-0.15, -0.1) is 0 Å². The van der Waals surface area contributed by atoms with Crippen molar-refractivity contribution in [1.82, 2.24) is 10.2 Å². The second kappa shape index (κ2) is 4.55. The highest BCUT2D eigenvalue weighted by Gasteiger charge is 2.28. The first-order valence-corrected chi connectivity index (χ1v) is 5.17. The van der Waals surface area contributed by atoms with Gasteiger partial charge in [0.05, 0.1) is 5.60 Å². The Labute approximate surface area is 85.3 Å². The second-order valence-corrected chi connectivity index (χ2v) is 4.83. The largest absolute Gasteiger partial charge is 0.389 e. The summed E-state index contributed by atoms with van der Waals surface area (Å²) in [5.74, 6) is 0. The fourth-order valence-corrected chi connectivity index (χ4v) is 2.01. The third kappa shape index (κ3) is 3.90. The predicted molar refractivity (Wildman–Crippen MR) is 55.1 cm³/mol. The molecule has 0 aromatic rings. The van der Waals surface area contributed by atoms with Crippen molar-refractivity contribution in [3.8, 4) is 0 Å². The minimum Gasteiger partial charge on any atom is -0.389 e. The van der Waals surface area contributed by atoms with Crippen LogP contribution in [0.15, 0.2) is 0 Å². The highest BCUT2D eigenvalue weighted by molar-refractivity contribution is 4.85. The zero-order valence-corrected chi connectivity index (χ0v) is 9.26. The Morgan fingerprint density at radius 1 is 1.50 bits per heavy atom. The Morgan fingerprint density at radius 3 is 2.64 bits per heavy atom. The molecule has 84 valence electrons. The maximum absolute atomic E-state index is 13.3. The minimum atomic E-state index is -0.774. The van der Waals surface area contributed by atoms with E-state index in [-0.39, 0.29) is 6.04 Å². The standard InChI is InChI=1S/C10H21FN2O/c1-10(2,14)7-13-5-8(11)4-9(6-13)12-3/h8-9,12,14H,4-7H2,1-3H3. The maximum atomic E-state index is 13.3. The van der Waals surface area contributed by atoms with Crippen LogP contribution in [0.25, 0.3) is 0 Å². The molecular formula is C10H21FN2O. The molecule has 1 fully saturated rings. The Hall–Kier alpha value is -0.190. The van der Waals surface area contributed by atoms with Crippen molar-refractivity contribution < 1.29 is 9.50 Å². The van der Waals surface area contributed by atoms with E-state index in [2.05, 4.69) is 5.32 Å². The molecular weight excluding hydrogens is 183 g/mol. The van der Waals surface area contributed by atoms with Gasteiger partial charge < -0.3 is 10.4 Å². The van der Waals surface area contributed by atoms with E-state index in [1.54, 1.807) is 13.8 Å². The molecule has 1 heterocycles. The molecule has 1 aliphatic rings. The van der Waals surface area contributed by atoms with E-state index in [0.717, 1.165) is 6.54 Å². The number of nitrogens with zero attached hydrogens (tertiary/aromatic N) is 1. The average Bonchev–Trinajstić information content (AvgIpc) is 1.99. The number of alkyl halides is 1. The lowest BCUT2D eigenvalue weighted by atomic mass is 10.0. The molecule has 0 aromatic heterocycles. The third-order valence-corrected chi connectivity index (χ3v) is 2.49. The predicted octanol–water partition coefficient (Wildman–Crippen LogP) is 0.389. The Morgan fingerprint density at radius 2 is 2.14 bits per heavy atom. The molecule has 0 radical (unpaired) electrons. The van der Waals surface area contributed by atoms with Gasteiger partial charge in [-0.25, -0.2) is 4.39 Å². The number of rotatable bonds is 3. The van der Waals surface area contributed by atoms with Crippen LogP contribution in [-0.2, 0) is 0 Å². The molecule has 1 aliphatic heterocycles. The van der Waals surface area contributed by atoms with Gasteiger partial charge in [0.25, 0.3) is 0 Å². The number of likely N-dealkylation sites (tertiary alicyclic amines) is 1. The van der Waals surface area contributed by atoms with Gasteiger partial charge in [0.2, 0.25) is 0 Å². The van der Waals surface area contributed by atoms with Crippen LogP contribution in [0.4, 0.5) is 4.39 Å². The van der Waals surface area contributed by atoms with Gasteiger partial charge in [-0.05, 0) is 27.3 Å². The fourth-order valence-electron chi connectivity index (χ4n) is 2.01. The quantitative estimate of drug-likeness (QED) is 0.698. The van der Waals surface area contributed by atoms with Crippen molar-refractivity contribution >= 4 is 0 Å². The van der Waals surface area contributed by atoms with Crippen LogP contribution in [0.3, 0.4) is 0 Å². The second-order valence-electron chi connectivity index (χ2n) is 4.83. The number of hydrogen-bond acceptors (Lipinski definition) is 3. The highest BCUT2D eigenvalue weighted by atomic mass is 19.1. The number of halogens is 1. The summed E-state index contributed by atoms with van der Waals surface area (Å²) in [5, 5.41) is 12.7. The van der Waals surface area contributed by atoms with Crippen LogP contribution >= 0.6 is 0 Å². The van der Waals surface area contributed by atoms with Crippen molar-refractivity contribution in [3.05, 3.63) is 0 Å². The number of piperidine rings is 1. The number of β-amino-alcohol motifs (C(OH)–C–C–N with tert-alkyl or cyclic N) is 1. The minimum absolute atomic E-state index is 0.209. The monoisotopic (exact) mass is 204 g/mol. The van der Waals surface area contributed by atoms with Crippen molar-refractivity contribution in [1.29, 1.82) is 0 Å². The van der Waals surface area contributed by atoms with Gasteiger partial charge in [0.1, 0.15) is 6.17 Å². The van der Waals surface area contributed by atoms with Gasteiger partial charge in [-0.3, -0.25) is 4.90 Å². The summed E-state index contributed by atoms with van der Waals surface area (Å²) in [5.41, 5.74) is -0.741. The molecule has 0 bridgehead atoms. The van der Waals surface area contributed by atoms with Crippen LogP contribution in [0.1, 0.15) is 20.3 Å². The van der Waals surface area contributed by atoms with E-state index < -0.39 is 11.8 Å². The SMILES string of the molecule is CNC1CC(F)CN(CC(C)(C)O)C1. The molecule has 3 nitrogen and oxygen atoms in total. The van der Waals surface area contributed by atoms with Crippen molar-refractivity contribution in [2.24, 2.45) is 0 Å². The van der Waals surface area contributed by atoms with Crippen molar-refractivity contribution in [3.63, 3.8) is 0 Å². The lowest BCUT2D eigenvalue weighted by Gasteiger charge is -2.37. The first-order chi connectivity index (χ1) is 6.40. The van der Waals surface area contributed by atoms with Crippen molar-refractivity contribution in [2.45, 2.75) is 38.1 Å². The van der Waals surface area contributed by atoms with Gasteiger partial charge >= 0.3 is 0 Å². The molecule has 1 saturated heterocycles. The van der Waals surface area contributed by atoms with Crippen LogP contribution in [-0.4, -0.2) is 54.5 Å². The smallest absolute Gasteiger partial charge is 0.114 e. The number of hydrogen-bond donors (Lipinski definition) is 2. The molecule has 2 atom stereocenters. The van der Waals surface area contributed by atoms with Gasteiger partial charge in [0.15, 0.2) is 0 Å². The van der Waals surface area contributed by atoms with Crippen LogP contribution < -0.4 is 5.32 Å². The summed E-state index contributed by atoms with van der Waals surface area (Å²) in [6, 6.07) is 0.209. The summed E-state index contributed by atoms with van der Waals surface area (Å²) in [4.78, 5) is 1.98. The molecule has 0 spiro atoms. The molecule has 2 N–H and O–H groups in total. The van der Waals surface area contributed by atoms with E-state index >= 15 is 0 Å². The Kier molecular flexibility index (Phi) is 3.86. The molecule has 2 unspecified atom stereocenters. The van der Waals surface area contributed by atoms with E-state index in [4.69, 9.17) is 0 Å². The summed E-state index contributed by atoms with van der Waals surface area (Å²) in [6.07, 6.45) is -0.192. The third-order valence-electron chi connectivity index (χ3n) is 2.49. The van der Waals surface area contributed by atoms with Crippen LogP contribution in [0.2, 0.25) is 0 Å². The summed E-state index contributed by atoms with van der Waals surface area (Å²) < 4.78 is 13.3. The summed E-state index contributed by atoms with van der Waals surface area (Å²) in [7, 11) is 1.85. The zero-order valence-electron chi connectivity index (χ0n) is 9.26. The first kappa shape index (κ1) is 11.9. The Bertz CT molecular complexity index is 181. The van der Waals surface area contributed by atoms with Crippen LogP contribution in [0.5, 0.6) is 0 Å². The van der Waals surface area contributed by atoms with Gasteiger partial charge in [-0.1, -0.05) is 0 Å². The van der Waals surface area contributed by atoms with E-state index in [1.807, 2.05) is 11.9 Å². The van der Waals surface area contributed by atoms with Gasteiger partial charge in [-0.2, -0.15) is 0 Å². The molecule has 0 amide bonds. The summed E-state index contributed by atoms with van der Waals surface area (Å²) >= 11 is 0. The number of aliphatic hydroxyl groups is 1. The topological polar surface area (TPSA) is 35.5 Å². The molecule has 0 saturated carbocycles. The zero-order chi connectivity index (χ0) is 10.8. The molecule has 4 heteroatoms. The van der Waals surface area contributed by atoms with E-state index in [9.17, 15) is 9.50 Å². The fraction of sp³-hybridized carbons (Fsp3) is 1.00. The number of likely N-dealkylation sites (N-methyl/N-ethyl adjacent to an activating group) is 1.